The molecule has 0 saturated carbocycles. The zero-order valence-corrected chi connectivity index (χ0v) is 20.0. The average Bonchev–Trinajstić information content (AvgIpc) is 3.19. The Morgan fingerprint density at radius 1 is 0.946 bits per heavy atom. The number of aliphatic hydroxyl groups is 1. The number of benzene rings is 3. The Balaban J connectivity index is 1.17. The van der Waals surface area contributed by atoms with E-state index >= 15 is 0 Å². The Morgan fingerprint density at radius 2 is 1.49 bits per heavy atom. The number of amides is 1. The summed E-state index contributed by atoms with van der Waals surface area (Å²) in [5.74, 6) is -4.19. The van der Waals surface area contributed by atoms with Crippen LogP contribution in [0.2, 0.25) is 0 Å². The molecule has 2 bridgehead atoms. The minimum Gasteiger partial charge on any atom is -0.448 e. The van der Waals surface area contributed by atoms with Gasteiger partial charge in [0, 0.05) is 12.3 Å². The Bertz CT molecular complexity index is 1280. The van der Waals surface area contributed by atoms with Crippen molar-refractivity contribution in [1.29, 1.82) is 0 Å². The number of morpholine rings is 1. The number of halogens is 3. The van der Waals surface area contributed by atoms with Crippen molar-refractivity contribution in [3.63, 3.8) is 0 Å². The molecular weight excluding hydrogens is 483 g/mol. The van der Waals surface area contributed by atoms with Crippen LogP contribution in [-0.4, -0.2) is 53.6 Å². The third-order valence-electron chi connectivity index (χ3n) is 7.76. The molecule has 6 rings (SSSR count). The molecule has 0 aromatic heterocycles. The molecule has 3 aliphatic rings. The molecule has 2 aliphatic heterocycles. The molecule has 1 aliphatic carbocycles. The van der Waals surface area contributed by atoms with Crippen LogP contribution >= 0.6 is 0 Å². The van der Waals surface area contributed by atoms with Crippen LogP contribution in [0.25, 0.3) is 11.1 Å². The van der Waals surface area contributed by atoms with Gasteiger partial charge in [-0.25, -0.2) is 18.0 Å². The fraction of sp³-hybridized carbons (Fsp3) is 0.345. The summed E-state index contributed by atoms with van der Waals surface area (Å²) >= 11 is 0. The van der Waals surface area contributed by atoms with Gasteiger partial charge >= 0.3 is 6.09 Å². The number of fused-ring (bicyclic) bond motifs is 5. The highest BCUT2D eigenvalue weighted by atomic mass is 19.2. The first-order valence-corrected chi connectivity index (χ1v) is 12.4. The maximum absolute atomic E-state index is 13.7. The Labute approximate surface area is 212 Å². The lowest BCUT2D eigenvalue weighted by molar-refractivity contribution is -0.132. The minimum atomic E-state index is -1.54. The van der Waals surface area contributed by atoms with E-state index in [1.807, 2.05) is 24.3 Å². The second-order valence-electron chi connectivity index (χ2n) is 10.2. The van der Waals surface area contributed by atoms with Crippen molar-refractivity contribution in [2.45, 2.75) is 42.9 Å². The summed E-state index contributed by atoms with van der Waals surface area (Å²) < 4.78 is 52.3. The van der Waals surface area contributed by atoms with Gasteiger partial charge in [-0.1, -0.05) is 48.5 Å². The van der Waals surface area contributed by atoms with Crippen LogP contribution in [0.3, 0.4) is 0 Å². The number of piperidine rings is 1. The monoisotopic (exact) mass is 509 g/mol. The smallest absolute Gasteiger partial charge is 0.410 e. The molecule has 2 heterocycles. The van der Waals surface area contributed by atoms with E-state index in [4.69, 9.17) is 9.47 Å². The molecule has 2 unspecified atom stereocenters. The zero-order chi connectivity index (χ0) is 25.7. The largest absolute Gasteiger partial charge is 0.448 e. The van der Waals surface area contributed by atoms with Crippen molar-refractivity contribution in [2.24, 2.45) is 0 Å². The molecule has 37 heavy (non-hydrogen) atoms. The molecule has 1 amide bonds. The molecule has 0 spiro atoms. The zero-order valence-electron chi connectivity index (χ0n) is 20.0. The van der Waals surface area contributed by atoms with Gasteiger partial charge in [-0.3, -0.25) is 4.90 Å². The van der Waals surface area contributed by atoms with Gasteiger partial charge in [-0.2, -0.15) is 0 Å². The fourth-order valence-electron chi connectivity index (χ4n) is 6.28. The SMILES string of the molecule is O=C(OCC1c2ccccc2-c2ccccc21)N1C2COCC1CC(O)(Cc1cc(F)c(F)c(F)c1)C2. The van der Waals surface area contributed by atoms with E-state index in [9.17, 15) is 23.1 Å². The first kappa shape index (κ1) is 24.0. The fourth-order valence-corrected chi connectivity index (χ4v) is 6.28. The van der Waals surface area contributed by atoms with Crippen molar-refractivity contribution in [2.75, 3.05) is 19.8 Å². The van der Waals surface area contributed by atoms with Crippen molar-refractivity contribution >= 4 is 6.09 Å². The van der Waals surface area contributed by atoms with E-state index in [1.165, 1.54) is 0 Å². The third-order valence-corrected chi connectivity index (χ3v) is 7.76. The Kier molecular flexibility index (Phi) is 5.96. The van der Waals surface area contributed by atoms with Gasteiger partial charge < -0.3 is 14.6 Å². The molecule has 5 nitrogen and oxygen atoms in total. The second kappa shape index (κ2) is 9.19. The van der Waals surface area contributed by atoms with Crippen LogP contribution in [0.1, 0.15) is 35.4 Å². The lowest BCUT2D eigenvalue weighted by Gasteiger charge is -2.51. The van der Waals surface area contributed by atoms with Gasteiger partial charge in [0.1, 0.15) is 6.61 Å². The molecule has 2 saturated heterocycles. The summed E-state index contributed by atoms with van der Waals surface area (Å²) in [6.07, 6.45) is -0.240. The highest BCUT2D eigenvalue weighted by molar-refractivity contribution is 5.79. The molecule has 3 aromatic carbocycles. The van der Waals surface area contributed by atoms with E-state index in [2.05, 4.69) is 24.3 Å². The number of hydrogen-bond acceptors (Lipinski definition) is 4. The van der Waals surface area contributed by atoms with Crippen LogP contribution in [0, 0.1) is 17.5 Å². The summed E-state index contributed by atoms with van der Waals surface area (Å²) in [4.78, 5) is 14.9. The highest BCUT2D eigenvalue weighted by Gasteiger charge is 2.49. The topological polar surface area (TPSA) is 59.0 Å². The van der Waals surface area contributed by atoms with Gasteiger partial charge in [0.05, 0.1) is 30.9 Å². The number of nitrogens with zero attached hydrogens (tertiary/aromatic N) is 1. The van der Waals surface area contributed by atoms with Gasteiger partial charge in [-0.05, 0) is 52.8 Å². The van der Waals surface area contributed by atoms with Gasteiger partial charge in [-0.15, -0.1) is 0 Å². The molecule has 1 N–H and O–H groups in total. The maximum Gasteiger partial charge on any atom is 0.410 e. The van der Waals surface area contributed by atoms with E-state index in [0.29, 0.717) is 0 Å². The van der Waals surface area contributed by atoms with E-state index in [-0.39, 0.29) is 50.6 Å². The summed E-state index contributed by atoms with van der Waals surface area (Å²) in [5.41, 5.74) is 3.35. The van der Waals surface area contributed by atoms with Gasteiger partial charge in [0.2, 0.25) is 0 Å². The van der Waals surface area contributed by atoms with Crippen LogP contribution in [0.15, 0.2) is 60.7 Å². The number of carbonyl (C=O) groups excluding carboxylic acids is 1. The molecule has 192 valence electrons. The van der Waals surface area contributed by atoms with Crippen molar-refractivity contribution in [3.05, 3.63) is 94.8 Å². The predicted octanol–water partition coefficient (Wildman–Crippen LogP) is 5.19. The van der Waals surface area contributed by atoms with Crippen molar-refractivity contribution < 1.29 is 32.5 Å². The molecule has 3 aromatic rings. The summed E-state index contributed by atoms with van der Waals surface area (Å²) in [6, 6.07) is 17.1. The molecule has 2 atom stereocenters. The summed E-state index contributed by atoms with van der Waals surface area (Å²) in [5, 5.41) is 11.3. The second-order valence-corrected chi connectivity index (χ2v) is 10.2. The minimum absolute atomic E-state index is 0.0628. The van der Waals surface area contributed by atoms with E-state index in [1.54, 1.807) is 4.90 Å². The van der Waals surface area contributed by atoms with Gasteiger partial charge in [0.15, 0.2) is 17.5 Å². The number of hydrogen-bond donors (Lipinski definition) is 1. The Morgan fingerprint density at radius 3 is 2.05 bits per heavy atom. The molecule has 2 fully saturated rings. The first-order chi connectivity index (χ1) is 17.8. The highest BCUT2D eigenvalue weighted by Crippen LogP contribution is 2.45. The standard InChI is InChI=1S/C29H26F3NO4/c30-25-9-17(10-26(31)27(25)32)11-29(35)12-18-14-36-15-19(13-29)33(18)28(34)37-16-24-22-7-3-1-5-20(22)21-6-2-4-8-23(21)24/h1-10,18-19,24,35H,11-16H2. The number of carbonyl (C=O) groups is 1. The summed E-state index contributed by atoms with van der Waals surface area (Å²) in [6.45, 7) is 0.617. The molecule has 8 heteroatoms. The maximum atomic E-state index is 13.7. The lowest BCUT2D eigenvalue weighted by atomic mass is 9.77. The first-order valence-electron chi connectivity index (χ1n) is 12.4. The van der Waals surface area contributed by atoms with Crippen LogP contribution < -0.4 is 0 Å². The quantitative estimate of drug-likeness (QED) is 0.492. The van der Waals surface area contributed by atoms with Crippen molar-refractivity contribution in [3.8, 4) is 11.1 Å². The van der Waals surface area contributed by atoms with Crippen LogP contribution in [0.5, 0.6) is 0 Å². The lowest BCUT2D eigenvalue weighted by Crippen LogP contribution is -2.64. The van der Waals surface area contributed by atoms with E-state index < -0.39 is 41.2 Å². The summed E-state index contributed by atoms with van der Waals surface area (Å²) in [7, 11) is 0. The van der Waals surface area contributed by atoms with Crippen LogP contribution in [0.4, 0.5) is 18.0 Å². The van der Waals surface area contributed by atoms with Gasteiger partial charge in [0.25, 0.3) is 0 Å². The van der Waals surface area contributed by atoms with Crippen LogP contribution in [-0.2, 0) is 15.9 Å². The molecular formula is C29H26F3NO4. The third kappa shape index (κ3) is 4.28. The Hall–Kier alpha value is -3.36. The average molecular weight is 510 g/mol. The predicted molar refractivity (Wildman–Crippen MR) is 130 cm³/mol. The van der Waals surface area contributed by atoms with Crippen molar-refractivity contribution in [1.82, 2.24) is 4.90 Å². The number of ether oxygens (including phenoxy) is 2. The normalized spacial score (nSPS) is 24.5. The number of rotatable bonds is 4. The van der Waals surface area contributed by atoms with E-state index in [0.717, 1.165) is 34.4 Å². The molecule has 0 radical (unpaired) electrons.